The molecular formula is C15H21NO3. The van der Waals surface area contributed by atoms with Crippen molar-refractivity contribution in [3.05, 3.63) is 29.8 Å². The van der Waals surface area contributed by atoms with Crippen molar-refractivity contribution in [1.29, 1.82) is 0 Å². The van der Waals surface area contributed by atoms with E-state index in [9.17, 15) is 9.90 Å². The number of ether oxygens (including phenoxy) is 1. The Kier molecular flexibility index (Phi) is 4.10. The molecule has 1 saturated heterocycles. The number of benzene rings is 1. The zero-order chi connectivity index (χ0) is 13.9. The zero-order valence-electron chi connectivity index (χ0n) is 11.6. The van der Waals surface area contributed by atoms with Crippen LogP contribution in [0, 0.1) is 5.41 Å². The van der Waals surface area contributed by atoms with Crippen molar-refractivity contribution in [3.8, 4) is 5.75 Å². The van der Waals surface area contributed by atoms with Gasteiger partial charge in [-0.2, -0.15) is 0 Å². The van der Waals surface area contributed by atoms with Crippen LogP contribution < -0.4 is 4.74 Å². The molecule has 4 heteroatoms. The Bertz CT molecular complexity index is 443. The van der Waals surface area contributed by atoms with Crippen molar-refractivity contribution in [2.45, 2.75) is 26.3 Å². The van der Waals surface area contributed by atoms with Gasteiger partial charge in [0.25, 0.3) is 0 Å². The maximum absolute atomic E-state index is 11.3. The second kappa shape index (κ2) is 5.61. The van der Waals surface area contributed by atoms with Gasteiger partial charge < -0.3 is 9.84 Å². The van der Waals surface area contributed by atoms with Crippen molar-refractivity contribution in [1.82, 2.24) is 4.90 Å². The SMILES string of the molecule is COc1ccc(CN2CCCC(C)(C(=O)O)C2)cc1. The summed E-state index contributed by atoms with van der Waals surface area (Å²) in [6.45, 7) is 4.23. The summed E-state index contributed by atoms with van der Waals surface area (Å²) in [5, 5.41) is 9.31. The maximum atomic E-state index is 11.3. The van der Waals surface area contributed by atoms with Gasteiger partial charge in [0, 0.05) is 13.1 Å². The molecule has 0 radical (unpaired) electrons. The molecular weight excluding hydrogens is 242 g/mol. The summed E-state index contributed by atoms with van der Waals surface area (Å²) in [7, 11) is 1.65. The fourth-order valence-corrected chi connectivity index (χ4v) is 2.64. The van der Waals surface area contributed by atoms with Gasteiger partial charge in [-0.25, -0.2) is 0 Å². The average molecular weight is 263 g/mol. The Balaban J connectivity index is 2.00. The van der Waals surface area contributed by atoms with Crippen LogP contribution in [0.1, 0.15) is 25.3 Å². The summed E-state index contributed by atoms with van der Waals surface area (Å²) < 4.78 is 5.13. The number of nitrogens with zero attached hydrogens (tertiary/aromatic N) is 1. The summed E-state index contributed by atoms with van der Waals surface area (Å²) in [5.74, 6) is 0.157. The third-order valence-electron chi connectivity index (χ3n) is 3.86. The molecule has 1 atom stereocenters. The van der Waals surface area contributed by atoms with Gasteiger partial charge in [0.1, 0.15) is 5.75 Å². The molecule has 0 aliphatic carbocycles. The van der Waals surface area contributed by atoms with E-state index in [2.05, 4.69) is 4.90 Å². The van der Waals surface area contributed by atoms with Gasteiger partial charge in [-0.3, -0.25) is 9.69 Å². The van der Waals surface area contributed by atoms with Crippen LogP contribution in [0.4, 0.5) is 0 Å². The predicted molar refractivity (Wildman–Crippen MR) is 73.2 cm³/mol. The van der Waals surface area contributed by atoms with Crippen molar-refractivity contribution in [3.63, 3.8) is 0 Å². The van der Waals surface area contributed by atoms with Crippen LogP contribution in [0.2, 0.25) is 0 Å². The number of piperidine rings is 1. The van der Waals surface area contributed by atoms with E-state index in [-0.39, 0.29) is 0 Å². The first-order valence-electron chi connectivity index (χ1n) is 6.62. The molecule has 0 aromatic heterocycles. The molecule has 0 bridgehead atoms. The highest BCUT2D eigenvalue weighted by Gasteiger charge is 2.37. The Morgan fingerprint density at radius 2 is 2.11 bits per heavy atom. The second-order valence-electron chi connectivity index (χ2n) is 5.53. The summed E-state index contributed by atoms with van der Waals surface area (Å²) in [5.41, 5.74) is 0.584. The predicted octanol–water partition coefficient (Wildman–Crippen LogP) is 2.38. The van der Waals surface area contributed by atoms with E-state index in [1.165, 1.54) is 5.56 Å². The first-order chi connectivity index (χ1) is 9.03. The molecule has 1 aromatic rings. The molecule has 4 nitrogen and oxygen atoms in total. The Morgan fingerprint density at radius 1 is 1.42 bits per heavy atom. The molecule has 1 unspecified atom stereocenters. The lowest BCUT2D eigenvalue weighted by Crippen LogP contribution is -2.45. The quantitative estimate of drug-likeness (QED) is 0.906. The van der Waals surface area contributed by atoms with E-state index in [0.29, 0.717) is 6.54 Å². The lowest BCUT2D eigenvalue weighted by Gasteiger charge is -2.37. The van der Waals surface area contributed by atoms with Gasteiger partial charge in [0.2, 0.25) is 0 Å². The van der Waals surface area contributed by atoms with Crippen LogP contribution in [0.5, 0.6) is 5.75 Å². The van der Waals surface area contributed by atoms with Gasteiger partial charge >= 0.3 is 5.97 Å². The van der Waals surface area contributed by atoms with E-state index in [0.717, 1.165) is 31.7 Å². The molecule has 1 N–H and O–H groups in total. The third-order valence-corrected chi connectivity index (χ3v) is 3.86. The van der Waals surface area contributed by atoms with Crippen molar-refractivity contribution in [2.75, 3.05) is 20.2 Å². The van der Waals surface area contributed by atoms with Crippen LogP contribution in [0.25, 0.3) is 0 Å². The molecule has 104 valence electrons. The number of aliphatic carboxylic acids is 1. The molecule has 2 rings (SSSR count). The number of rotatable bonds is 4. The average Bonchev–Trinajstić information content (AvgIpc) is 2.39. The summed E-state index contributed by atoms with van der Waals surface area (Å²) >= 11 is 0. The van der Waals surface area contributed by atoms with Crippen LogP contribution >= 0.6 is 0 Å². The number of carboxylic acid groups (broad SMARTS) is 1. The molecule has 0 amide bonds. The molecule has 1 aliphatic rings. The third kappa shape index (κ3) is 3.26. The summed E-state index contributed by atoms with van der Waals surface area (Å²) in [4.78, 5) is 13.5. The Labute approximate surface area is 114 Å². The Hall–Kier alpha value is -1.55. The molecule has 1 aliphatic heterocycles. The van der Waals surface area contributed by atoms with Gasteiger partial charge in [0.05, 0.1) is 12.5 Å². The fourth-order valence-electron chi connectivity index (χ4n) is 2.64. The van der Waals surface area contributed by atoms with Crippen LogP contribution in [0.3, 0.4) is 0 Å². The second-order valence-corrected chi connectivity index (χ2v) is 5.53. The minimum Gasteiger partial charge on any atom is -0.497 e. The molecule has 1 heterocycles. The number of methoxy groups -OCH3 is 1. The van der Waals surface area contributed by atoms with E-state index in [4.69, 9.17) is 4.74 Å². The van der Waals surface area contributed by atoms with Crippen LogP contribution in [-0.2, 0) is 11.3 Å². The first kappa shape index (κ1) is 13.9. The molecule has 0 spiro atoms. The lowest BCUT2D eigenvalue weighted by atomic mass is 9.82. The number of hydrogen-bond acceptors (Lipinski definition) is 3. The highest BCUT2D eigenvalue weighted by molar-refractivity contribution is 5.74. The van der Waals surface area contributed by atoms with Gasteiger partial charge in [-0.1, -0.05) is 12.1 Å². The fraction of sp³-hybridized carbons (Fsp3) is 0.533. The standard InChI is InChI=1S/C15H21NO3/c1-15(14(17)18)8-3-9-16(11-15)10-12-4-6-13(19-2)7-5-12/h4-7H,3,8-11H2,1-2H3,(H,17,18). The Morgan fingerprint density at radius 3 is 2.68 bits per heavy atom. The normalized spacial score (nSPS) is 24.1. The van der Waals surface area contributed by atoms with Crippen molar-refractivity contribution >= 4 is 5.97 Å². The lowest BCUT2D eigenvalue weighted by molar-refractivity contribution is -0.151. The first-order valence-corrected chi connectivity index (χ1v) is 6.62. The smallest absolute Gasteiger partial charge is 0.310 e. The maximum Gasteiger partial charge on any atom is 0.310 e. The van der Waals surface area contributed by atoms with Crippen LogP contribution in [-0.4, -0.2) is 36.2 Å². The van der Waals surface area contributed by atoms with Gasteiger partial charge in [-0.15, -0.1) is 0 Å². The summed E-state index contributed by atoms with van der Waals surface area (Å²) in [6, 6.07) is 7.95. The number of carboxylic acids is 1. The topological polar surface area (TPSA) is 49.8 Å². The highest BCUT2D eigenvalue weighted by atomic mass is 16.5. The minimum absolute atomic E-state index is 0.606. The van der Waals surface area contributed by atoms with E-state index < -0.39 is 11.4 Å². The van der Waals surface area contributed by atoms with Gasteiger partial charge in [0.15, 0.2) is 0 Å². The van der Waals surface area contributed by atoms with Crippen LogP contribution in [0.15, 0.2) is 24.3 Å². The van der Waals surface area contributed by atoms with Crippen molar-refractivity contribution < 1.29 is 14.6 Å². The zero-order valence-corrected chi connectivity index (χ0v) is 11.6. The monoisotopic (exact) mass is 263 g/mol. The van der Waals surface area contributed by atoms with Gasteiger partial charge in [-0.05, 0) is 44.0 Å². The molecule has 1 aromatic carbocycles. The molecule has 19 heavy (non-hydrogen) atoms. The summed E-state index contributed by atoms with van der Waals surface area (Å²) in [6.07, 6.45) is 1.71. The molecule has 0 saturated carbocycles. The number of carbonyl (C=O) groups is 1. The number of hydrogen-bond donors (Lipinski definition) is 1. The minimum atomic E-state index is -0.688. The largest absolute Gasteiger partial charge is 0.497 e. The van der Waals surface area contributed by atoms with Crippen molar-refractivity contribution in [2.24, 2.45) is 5.41 Å². The molecule has 1 fully saturated rings. The number of likely N-dealkylation sites (tertiary alicyclic amines) is 1. The van der Waals surface area contributed by atoms with E-state index in [1.54, 1.807) is 7.11 Å². The van der Waals surface area contributed by atoms with E-state index in [1.807, 2.05) is 31.2 Å². The van der Waals surface area contributed by atoms with E-state index >= 15 is 0 Å². The highest BCUT2D eigenvalue weighted by Crippen LogP contribution is 2.30.